The molecule has 0 saturated carbocycles. The lowest BCUT2D eigenvalue weighted by molar-refractivity contribution is -0.120. The number of rotatable bonds is 6. The molecule has 166 valence electrons. The maximum atomic E-state index is 12.8. The lowest BCUT2D eigenvalue weighted by atomic mass is 9.96. The van der Waals surface area contributed by atoms with Gasteiger partial charge in [0.25, 0.3) is 0 Å². The van der Waals surface area contributed by atoms with Crippen molar-refractivity contribution in [3.8, 4) is 17.1 Å². The van der Waals surface area contributed by atoms with E-state index in [1.54, 1.807) is 31.4 Å². The number of carbonyl (C=O) groups excluding carboxylic acids is 2. The molecule has 1 aliphatic rings. The third kappa shape index (κ3) is 4.56. The van der Waals surface area contributed by atoms with Crippen LogP contribution in [0.25, 0.3) is 11.4 Å². The Hall–Kier alpha value is -3.88. The third-order valence-corrected chi connectivity index (χ3v) is 5.49. The molecular weight excluding hydrogens is 412 g/mol. The van der Waals surface area contributed by atoms with Gasteiger partial charge in [-0.05, 0) is 49.2 Å². The lowest BCUT2D eigenvalue weighted by Gasteiger charge is -2.29. The van der Waals surface area contributed by atoms with Crippen molar-refractivity contribution in [3.63, 3.8) is 0 Å². The van der Waals surface area contributed by atoms with Gasteiger partial charge in [-0.1, -0.05) is 17.3 Å². The van der Waals surface area contributed by atoms with Gasteiger partial charge in [0.1, 0.15) is 5.75 Å². The fourth-order valence-electron chi connectivity index (χ4n) is 3.65. The molecule has 1 aromatic heterocycles. The van der Waals surface area contributed by atoms with Crippen LogP contribution in [-0.4, -0.2) is 49.3 Å². The summed E-state index contributed by atoms with van der Waals surface area (Å²) >= 11 is 0. The molecule has 9 heteroatoms. The van der Waals surface area contributed by atoms with E-state index in [1.807, 2.05) is 29.2 Å². The molecule has 0 aliphatic carbocycles. The third-order valence-electron chi connectivity index (χ3n) is 5.49. The fraction of sp³-hybridized carbons (Fsp3) is 0.304. The number of nitrogens with zero attached hydrogens (tertiary/aromatic N) is 3. The monoisotopic (exact) mass is 436 g/mol. The first kappa shape index (κ1) is 21.4. The normalized spacial score (nSPS) is 14.1. The van der Waals surface area contributed by atoms with Crippen LogP contribution >= 0.6 is 0 Å². The summed E-state index contributed by atoms with van der Waals surface area (Å²) < 4.78 is 15.4. The number of anilines is 2. The molecule has 0 atom stereocenters. The summed E-state index contributed by atoms with van der Waals surface area (Å²) in [5, 5.41) is 6.93. The number of piperidine rings is 1. The van der Waals surface area contributed by atoms with E-state index in [-0.39, 0.29) is 11.8 Å². The molecule has 2 aromatic carbocycles. The van der Waals surface area contributed by atoms with Gasteiger partial charge in [0.05, 0.1) is 25.5 Å². The zero-order chi connectivity index (χ0) is 22.5. The largest absolute Gasteiger partial charge is 0.497 e. The maximum Gasteiger partial charge on any atom is 0.339 e. The minimum Gasteiger partial charge on any atom is -0.497 e. The average Bonchev–Trinajstić information content (AvgIpc) is 3.34. The molecule has 0 radical (unpaired) electrons. The highest BCUT2D eigenvalue weighted by molar-refractivity contribution is 6.01. The molecule has 2 heterocycles. The number of aromatic nitrogens is 2. The van der Waals surface area contributed by atoms with Gasteiger partial charge in [0.2, 0.25) is 11.7 Å². The Balaban J connectivity index is 1.36. The van der Waals surface area contributed by atoms with E-state index in [0.717, 1.165) is 11.3 Å². The average molecular weight is 436 g/mol. The van der Waals surface area contributed by atoms with Crippen LogP contribution in [0.1, 0.15) is 23.2 Å². The smallest absolute Gasteiger partial charge is 0.339 e. The number of carbonyl (C=O) groups is 2. The summed E-state index contributed by atoms with van der Waals surface area (Å²) in [5.41, 5.74) is 1.62. The highest BCUT2D eigenvalue weighted by Crippen LogP contribution is 2.27. The first-order valence-corrected chi connectivity index (χ1v) is 10.3. The number of hydrogen-bond donors (Lipinski definition) is 1. The zero-order valence-electron chi connectivity index (χ0n) is 17.9. The number of amides is 1. The molecule has 1 N–H and O–H groups in total. The van der Waals surface area contributed by atoms with Gasteiger partial charge in [-0.2, -0.15) is 4.98 Å². The number of esters is 1. The highest BCUT2D eigenvalue weighted by atomic mass is 16.5. The second kappa shape index (κ2) is 9.51. The molecule has 1 saturated heterocycles. The summed E-state index contributed by atoms with van der Waals surface area (Å²) in [6, 6.07) is 14.7. The molecule has 0 spiro atoms. The first-order valence-electron chi connectivity index (χ1n) is 10.3. The molecular formula is C23H24N4O5. The van der Waals surface area contributed by atoms with Crippen LogP contribution in [0.15, 0.2) is 53.1 Å². The van der Waals surface area contributed by atoms with Crippen molar-refractivity contribution in [1.82, 2.24) is 10.1 Å². The number of ether oxygens (including phenoxy) is 2. The predicted molar refractivity (Wildman–Crippen MR) is 118 cm³/mol. The fourth-order valence-corrected chi connectivity index (χ4v) is 3.65. The molecule has 0 bridgehead atoms. The molecule has 3 aromatic rings. The first-order chi connectivity index (χ1) is 15.6. The Kier molecular flexibility index (Phi) is 6.34. The molecule has 0 unspecified atom stereocenters. The highest BCUT2D eigenvalue weighted by Gasteiger charge is 2.28. The summed E-state index contributed by atoms with van der Waals surface area (Å²) in [5.74, 6) is 0.472. The van der Waals surface area contributed by atoms with Crippen LogP contribution in [-0.2, 0) is 9.53 Å². The van der Waals surface area contributed by atoms with Gasteiger partial charge in [-0.3, -0.25) is 4.79 Å². The number of methoxy groups -OCH3 is 2. The molecule has 1 aliphatic heterocycles. The summed E-state index contributed by atoms with van der Waals surface area (Å²) in [7, 11) is 2.93. The SMILES string of the molecule is COC(=O)c1ccccc1NC(=O)C1CCN(c2nc(-c3ccc(OC)cc3)no2)CC1. The van der Waals surface area contributed by atoms with Gasteiger partial charge in [-0.15, -0.1) is 0 Å². The topological polar surface area (TPSA) is 107 Å². The Labute approximate surface area is 185 Å². The standard InChI is InChI=1S/C23H24N4O5/c1-30-17-9-7-15(8-10-17)20-25-23(32-26-20)27-13-11-16(12-14-27)21(28)24-19-6-4-3-5-18(19)22(29)31-2/h3-10,16H,11-14H2,1-2H3,(H,24,28). The minimum atomic E-state index is -0.486. The second-order valence-corrected chi connectivity index (χ2v) is 7.42. The van der Waals surface area contributed by atoms with Gasteiger partial charge in [0, 0.05) is 24.6 Å². The van der Waals surface area contributed by atoms with E-state index in [1.165, 1.54) is 7.11 Å². The van der Waals surface area contributed by atoms with Crippen molar-refractivity contribution in [3.05, 3.63) is 54.1 Å². The van der Waals surface area contributed by atoms with E-state index < -0.39 is 5.97 Å². The van der Waals surface area contributed by atoms with Crippen molar-refractivity contribution in [2.45, 2.75) is 12.8 Å². The van der Waals surface area contributed by atoms with Crippen LogP contribution in [0.3, 0.4) is 0 Å². The van der Waals surface area contributed by atoms with Crippen molar-refractivity contribution in [2.75, 3.05) is 37.5 Å². The molecule has 9 nitrogen and oxygen atoms in total. The van der Waals surface area contributed by atoms with Crippen molar-refractivity contribution in [1.29, 1.82) is 0 Å². The van der Waals surface area contributed by atoms with E-state index in [9.17, 15) is 9.59 Å². The lowest BCUT2D eigenvalue weighted by Crippen LogP contribution is -2.38. The number of hydrogen-bond acceptors (Lipinski definition) is 8. The van der Waals surface area contributed by atoms with Crippen LogP contribution < -0.4 is 15.0 Å². The number of para-hydroxylation sites is 1. The van der Waals surface area contributed by atoms with Crippen molar-refractivity contribution < 1.29 is 23.6 Å². The van der Waals surface area contributed by atoms with Gasteiger partial charge >= 0.3 is 12.0 Å². The van der Waals surface area contributed by atoms with Crippen LogP contribution in [0.4, 0.5) is 11.7 Å². The minimum absolute atomic E-state index is 0.120. The van der Waals surface area contributed by atoms with Crippen molar-refractivity contribution in [2.24, 2.45) is 5.92 Å². The quantitative estimate of drug-likeness (QED) is 0.586. The summed E-state index contributed by atoms with van der Waals surface area (Å²) in [6.07, 6.45) is 1.26. The second-order valence-electron chi connectivity index (χ2n) is 7.42. The van der Waals surface area contributed by atoms with Gasteiger partial charge in [-0.25, -0.2) is 4.79 Å². The van der Waals surface area contributed by atoms with Gasteiger partial charge < -0.3 is 24.2 Å². The summed E-state index contributed by atoms with van der Waals surface area (Å²) in [6.45, 7) is 1.22. The van der Waals surface area contributed by atoms with Crippen molar-refractivity contribution >= 4 is 23.6 Å². The Bertz CT molecular complexity index is 1090. The zero-order valence-corrected chi connectivity index (χ0v) is 17.9. The van der Waals surface area contributed by atoms with Crippen LogP contribution in [0.5, 0.6) is 5.75 Å². The van der Waals surface area contributed by atoms with E-state index in [0.29, 0.717) is 49.0 Å². The molecule has 1 amide bonds. The number of benzene rings is 2. The Morgan fingerprint density at radius 2 is 1.78 bits per heavy atom. The van der Waals surface area contributed by atoms with Gasteiger partial charge in [0.15, 0.2) is 0 Å². The Morgan fingerprint density at radius 1 is 1.06 bits per heavy atom. The molecule has 4 rings (SSSR count). The van der Waals surface area contributed by atoms with E-state index >= 15 is 0 Å². The van der Waals surface area contributed by atoms with Crippen LogP contribution in [0.2, 0.25) is 0 Å². The van der Waals surface area contributed by atoms with E-state index in [4.69, 9.17) is 14.0 Å². The summed E-state index contributed by atoms with van der Waals surface area (Å²) in [4.78, 5) is 31.2. The maximum absolute atomic E-state index is 12.8. The molecule has 32 heavy (non-hydrogen) atoms. The van der Waals surface area contributed by atoms with Crippen LogP contribution in [0, 0.1) is 5.92 Å². The predicted octanol–water partition coefficient (Wildman–Crippen LogP) is 3.39. The molecule has 1 fully saturated rings. The number of nitrogens with one attached hydrogen (secondary N) is 1. The van der Waals surface area contributed by atoms with E-state index in [2.05, 4.69) is 15.5 Å². The Morgan fingerprint density at radius 3 is 2.47 bits per heavy atom.